The average Bonchev–Trinajstić information content (AvgIpc) is 2.26. The molecule has 0 unspecified atom stereocenters. The first-order valence-corrected chi connectivity index (χ1v) is 6.65. The molecule has 1 saturated heterocycles. The van der Waals surface area contributed by atoms with E-state index in [0.29, 0.717) is 25.9 Å². The summed E-state index contributed by atoms with van der Waals surface area (Å²) in [5.74, 6) is -0.141. The number of carbonyl (C=O) groups is 2. The molecule has 0 radical (unpaired) electrons. The Morgan fingerprint density at radius 2 is 1.84 bits per heavy atom. The van der Waals surface area contributed by atoms with Crippen LogP contribution in [0.5, 0.6) is 0 Å². The molecule has 0 spiro atoms. The van der Waals surface area contributed by atoms with E-state index in [9.17, 15) is 14.7 Å². The van der Waals surface area contributed by atoms with E-state index in [1.165, 1.54) is 0 Å². The second-order valence-electron chi connectivity index (χ2n) is 5.92. The molecule has 2 N–H and O–H groups in total. The quantitative estimate of drug-likeness (QED) is 0.782. The van der Waals surface area contributed by atoms with Gasteiger partial charge in [-0.1, -0.05) is 0 Å². The molecule has 0 saturated carbocycles. The molecule has 0 aliphatic carbocycles. The number of rotatable bonds is 2. The summed E-state index contributed by atoms with van der Waals surface area (Å²) in [6.07, 6.45) is 0.263. The molecule has 19 heavy (non-hydrogen) atoms. The van der Waals surface area contributed by atoms with Crippen LogP contribution in [-0.2, 0) is 9.53 Å². The number of carbonyl (C=O) groups excluding carboxylic acids is 2. The summed E-state index contributed by atoms with van der Waals surface area (Å²) in [5.41, 5.74) is -0.581. The molecular weight excluding hydrogens is 248 g/mol. The van der Waals surface area contributed by atoms with Crippen molar-refractivity contribution in [2.24, 2.45) is 0 Å². The summed E-state index contributed by atoms with van der Waals surface area (Å²) in [6, 6.07) is -0.620. The van der Waals surface area contributed by atoms with Crippen molar-refractivity contribution in [2.75, 3.05) is 13.1 Å². The molecule has 1 aliphatic rings. The van der Waals surface area contributed by atoms with Crippen molar-refractivity contribution in [3.63, 3.8) is 0 Å². The number of hydrogen-bond acceptors (Lipinski definition) is 4. The maximum absolute atomic E-state index is 12.1. The number of alkyl carbamates (subject to hydrolysis) is 1. The SMILES string of the molecule is C[C@@H](NC(=O)OC(C)(C)C)C(=O)N1CCC(O)CC1. The lowest BCUT2D eigenvalue weighted by molar-refractivity contribution is -0.135. The molecule has 110 valence electrons. The normalized spacial score (nSPS) is 18.9. The molecule has 6 nitrogen and oxygen atoms in total. The number of hydrogen-bond donors (Lipinski definition) is 2. The number of ether oxygens (including phenoxy) is 1. The molecule has 1 heterocycles. The summed E-state index contributed by atoms with van der Waals surface area (Å²) in [6.45, 7) is 8.00. The molecule has 1 fully saturated rings. The predicted octanol–water partition coefficient (Wildman–Crippen LogP) is 0.883. The van der Waals surface area contributed by atoms with Crippen LogP contribution < -0.4 is 5.32 Å². The molecule has 0 aromatic heterocycles. The Kier molecular flexibility index (Phi) is 5.17. The number of aliphatic hydroxyl groups excluding tert-OH is 1. The average molecular weight is 272 g/mol. The fraction of sp³-hybridized carbons (Fsp3) is 0.846. The van der Waals surface area contributed by atoms with Crippen molar-refractivity contribution >= 4 is 12.0 Å². The van der Waals surface area contributed by atoms with Crippen LogP contribution in [0.1, 0.15) is 40.5 Å². The van der Waals surface area contributed by atoms with E-state index in [2.05, 4.69) is 5.32 Å². The van der Waals surface area contributed by atoms with Gasteiger partial charge < -0.3 is 20.1 Å². The van der Waals surface area contributed by atoms with E-state index < -0.39 is 17.7 Å². The highest BCUT2D eigenvalue weighted by atomic mass is 16.6. The number of piperidine rings is 1. The highest BCUT2D eigenvalue weighted by Gasteiger charge is 2.27. The second-order valence-corrected chi connectivity index (χ2v) is 5.92. The van der Waals surface area contributed by atoms with Crippen LogP contribution in [0.2, 0.25) is 0 Å². The van der Waals surface area contributed by atoms with Crippen LogP contribution >= 0.6 is 0 Å². The first-order valence-electron chi connectivity index (χ1n) is 6.65. The van der Waals surface area contributed by atoms with Crippen LogP contribution in [-0.4, -0.2) is 52.8 Å². The lowest BCUT2D eigenvalue weighted by Crippen LogP contribution is -2.50. The highest BCUT2D eigenvalue weighted by Crippen LogP contribution is 2.11. The van der Waals surface area contributed by atoms with Gasteiger partial charge in [0.15, 0.2) is 0 Å². The molecule has 2 amide bonds. The van der Waals surface area contributed by atoms with Gasteiger partial charge in [-0.05, 0) is 40.5 Å². The van der Waals surface area contributed by atoms with Crippen molar-refractivity contribution in [1.29, 1.82) is 0 Å². The summed E-state index contributed by atoms with van der Waals surface area (Å²) >= 11 is 0. The van der Waals surface area contributed by atoms with Gasteiger partial charge in [0.1, 0.15) is 11.6 Å². The molecule has 1 rings (SSSR count). The summed E-state index contributed by atoms with van der Waals surface area (Å²) in [4.78, 5) is 25.3. The fourth-order valence-corrected chi connectivity index (χ4v) is 1.91. The Bertz CT molecular complexity index is 330. The Morgan fingerprint density at radius 1 is 1.32 bits per heavy atom. The second kappa shape index (κ2) is 6.23. The van der Waals surface area contributed by atoms with E-state index >= 15 is 0 Å². The van der Waals surface area contributed by atoms with Gasteiger partial charge in [0, 0.05) is 13.1 Å². The number of aliphatic hydroxyl groups is 1. The van der Waals surface area contributed by atoms with Crippen molar-refractivity contribution < 1.29 is 19.4 Å². The molecule has 0 aromatic rings. The Balaban J connectivity index is 2.42. The minimum absolute atomic E-state index is 0.141. The van der Waals surface area contributed by atoms with Crippen molar-refractivity contribution in [3.8, 4) is 0 Å². The van der Waals surface area contributed by atoms with Gasteiger partial charge >= 0.3 is 6.09 Å². The minimum Gasteiger partial charge on any atom is -0.444 e. The smallest absolute Gasteiger partial charge is 0.408 e. The first-order chi connectivity index (χ1) is 8.69. The molecule has 1 atom stereocenters. The number of nitrogens with one attached hydrogen (secondary N) is 1. The number of amides is 2. The van der Waals surface area contributed by atoms with Gasteiger partial charge in [-0.15, -0.1) is 0 Å². The Labute approximate surface area is 114 Å². The highest BCUT2D eigenvalue weighted by molar-refractivity contribution is 5.85. The lowest BCUT2D eigenvalue weighted by Gasteiger charge is -2.32. The summed E-state index contributed by atoms with van der Waals surface area (Å²) < 4.78 is 5.10. The molecular formula is C13H24N2O4. The van der Waals surface area contributed by atoms with E-state index in [-0.39, 0.29) is 12.0 Å². The van der Waals surface area contributed by atoms with Gasteiger partial charge in [-0.3, -0.25) is 4.79 Å². The third kappa shape index (κ3) is 5.46. The monoisotopic (exact) mass is 272 g/mol. The van der Waals surface area contributed by atoms with Crippen LogP contribution in [0, 0.1) is 0 Å². The summed E-state index contributed by atoms with van der Waals surface area (Å²) in [7, 11) is 0. The summed E-state index contributed by atoms with van der Waals surface area (Å²) in [5, 5.41) is 11.9. The third-order valence-electron chi connectivity index (χ3n) is 2.88. The van der Waals surface area contributed by atoms with Crippen LogP contribution in [0.4, 0.5) is 4.79 Å². The van der Waals surface area contributed by atoms with E-state index in [1.807, 2.05) is 0 Å². The zero-order valence-electron chi connectivity index (χ0n) is 12.1. The van der Waals surface area contributed by atoms with E-state index in [0.717, 1.165) is 0 Å². The van der Waals surface area contributed by atoms with Crippen LogP contribution in [0.3, 0.4) is 0 Å². The van der Waals surface area contributed by atoms with Gasteiger partial charge in [0.05, 0.1) is 6.10 Å². The molecule has 1 aliphatic heterocycles. The van der Waals surface area contributed by atoms with Crippen molar-refractivity contribution in [3.05, 3.63) is 0 Å². The zero-order chi connectivity index (χ0) is 14.6. The molecule has 6 heteroatoms. The fourth-order valence-electron chi connectivity index (χ4n) is 1.91. The Hall–Kier alpha value is -1.30. The van der Waals surface area contributed by atoms with Crippen LogP contribution in [0.15, 0.2) is 0 Å². The van der Waals surface area contributed by atoms with Gasteiger partial charge in [0.2, 0.25) is 5.91 Å². The minimum atomic E-state index is -0.620. The van der Waals surface area contributed by atoms with Gasteiger partial charge in [-0.25, -0.2) is 4.79 Å². The maximum Gasteiger partial charge on any atom is 0.408 e. The first kappa shape index (κ1) is 15.8. The van der Waals surface area contributed by atoms with Crippen LogP contribution in [0.25, 0.3) is 0 Å². The van der Waals surface area contributed by atoms with Crippen molar-refractivity contribution in [1.82, 2.24) is 10.2 Å². The standard InChI is InChI=1S/C13H24N2O4/c1-9(14-12(18)19-13(2,3)4)11(17)15-7-5-10(16)6-8-15/h9-10,16H,5-8H2,1-4H3,(H,14,18)/t9-/m1/s1. The lowest BCUT2D eigenvalue weighted by atomic mass is 10.1. The Morgan fingerprint density at radius 3 is 2.32 bits per heavy atom. The zero-order valence-corrected chi connectivity index (χ0v) is 12.1. The number of nitrogens with zero attached hydrogens (tertiary/aromatic N) is 1. The number of likely N-dealkylation sites (tertiary alicyclic amines) is 1. The maximum atomic E-state index is 12.1. The largest absolute Gasteiger partial charge is 0.444 e. The van der Waals surface area contributed by atoms with Gasteiger partial charge in [-0.2, -0.15) is 0 Å². The third-order valence-corrected chi connectivity index (χ3v) is 2.88. The predicted molar refractivity (Wildman–Crippen MR) is 70.7 cm³/mol. The topological polar surface area (TPSA) is 78.9 Å². The molecule has 0 aromatic carbocycles. The van der Waals surface area contributed by atoms with E-state index in [1.54, 1.807) is 32.6 Å². The van der Waals surface area contributed by atoms with E-state index in [4.69, 9.17) is 4.74 Å². The van der Waals surface area contributed by atoms with Crippen molar-refractivity contribution in [2.45, 2.75) is 58.3 Å². The van der Waals surface area contributed by atoms with Gasteiger partial charge in [0.25, 0.3) is 0 Å². The molecule has 0 bridgehead atoms.